The van der Waals surface area contributed by atoms with Crippen LogP contribution in [0.1, 0.15) is 42.7 Å². The molecule has 0 atom stereocenters. The van der Waals surface area contributed by atoms with Gasteiger partial charge in [-0.15, -0.1) is 0 Å². The third-order valence-electron chi connectivity index (χ3n) is 6.71. The molecule has 3 aliphatic rings. The minimum atomic E-state index is -3.96. The number of nitrogens with zero attached hydrogens (tertiary/aromatic N) is 3. The number of carbonyl (C=O) groups is 1. The SMILES string of the molecule is Cc1ccc(S(=O)(=O)c2nc(C=C3SC(=S)N(C4CCCC4)C3=O)oc2N2CCOCC2)cc1C. The van der Waals surface area contributed by atoms with Gasteiger partial charge >= 0.3 is 0 Å². The Morgan fingerprint density at radius 1 is 1.14 bits per heavy atom. The van der Waals surface area contributed by atoms with Crippen LogP contribution >= 0.6 is 24.0 Å². The lowest BCUT2D eigenvalue weighted by atomic mass is 10.1. The maximum absolute atomic E-state index is 13.7. The Bertz CT molecular complexity index is 1310. The van der Waals surface area contributed by atoms with Crippen LogP contribution in [0.25, 0.3) is 6.08 Å². The van der Waals surface area contributed by atoms with E-state index in [1.165, 1.54) is 17.8 Å². The van der Waals surface area contributed by atoms with Gasteiger partial charge in [-0.1, -0.05) is 42.9 Å². The largest absolute Gasteiger partial charge is 0.420 e. The quantitative estimate of drug-likeness (QED) is 0.416. The molecule has 2 saturated heterocycles. The summed E-state index contributed by atoms with van der Waals surface area (Å²) in [7, 11) is -3.96. The van der Waals surface area contributed by atoms with E-state index in [9.17, 15) is 13.2 Å². The zero-order chi connectivity index (χ0) is 24.7. The molecular weight excluding hydrogens is 506 g/mol. The molecular formula is C24H27N3O5S3. The van der Waals surface area contributed by atoms with Gasteiger partial charge in [0.25, 0.3) is 5.91 Å². The molecule has 1 aliphatic carbocycles. The number of hydrogen-bond donors (Lipinski definition) is 0. The van der Waals surface area contributed by atoms with Gasteiger partial charge in [-0.05, 0) is 49.9 Å². The lowest BCUT2D eigenvalue weighted by Crippen LogP contribution is -2.36. The van der Waals surface area contributed by atoms with Gasteiger partial charge in [-0.2, -0.15) is 4.98 Å². The Hall–Kier alpha value is -2.21. The monoisotopic (exact) mass is 533 g/mol. The molecule has 0 unspecified atom stereocenters. The van der Waals surface area contributed by atoms with E-state index in [0.717, 1.165) is 36.8 Å². The number of ether oxygens (including phenoxy) is 1. The molecule has 3 heterocycles. The van der Waals surface area contributed by atoms with Gasteiger partial charge in [0.15, 0.2) is 0 Å². The van der Waals surface area contributed by atoms with Crippen molar-refractivity contribution < 1.29 is 22.4 Å². The number of thiocarbonyl (C=S) groups is 1. The number of thioether (sulfide) groups is 1. The summed E-state index contributed by atoms with van der Waals surface area (Å²) in [6.45, 7) is 5.68. The van der Waals surface area contributed by atoms with Crippen LogP contribution in [-0.2, 0) is 19.4 Å². The highest BCUT2D eigenvalue weighted by atomic mass is 32.2. The first kappa shape index (κ1) is 24.5. The first-order chi connectivity index (χ1) is 16.8. The summed E-state index contributed by atoms with van der Waals surface area (Å²) in [5, 5.41) is -0.153. The van der Waals surface area contributed by atoms with Gasteiger partial charge in [0.05, 0.1) is 23.0 Å². The van der Waals surface area contributed by atoms with Crippen LogP contribution in [0.2, 0.25) is 0 Å². The number of sulfone groups is 1. The third kappa shape index (κ3) is 4.66. The number of aromatic nitrogens is 1. The molecule has 1 saturated carbocycles. The highest BCUT2D eigenvalue weighted by Gasteiger charge is 2.39. The Labute approximate surface area is 214 Å². The second-order valence-corrected chi connectivity index (χ2v) is 12.5. The topological polar surface area (TPSA) is 93.0 Å². The highest BCUT2D eigenvalue weighted by molar-refractivity contribution is 8.26. The zero-order valence-electron chi connectivity index (χ0n) is 19.7. The molecule has 3 fully saturated rings. The number of benzene rings is 1. The van der Waals surface area contributed by atoms with E-state index in [1.54, 1.807) is 23.1 Å². The van der Waals surface area contributed by atoms with Crippen molar-refractivity contribution in [2.45, 2.75) is 55.5 Å². The molecule has 8 nitrogen and oxygen atoms in total. The number of carbonyl (C=O) groups excluding carboxylic acids is 1. The predicted octanol–water partition coefficient (Wildman–Crippen LogP) is 4.10. The molecule has 5 rings (SSSR count). The summed E-state index contributed by atoms with van der Waals surface area (Å²) in [5.74, 6) is 0.0708. The molecule has 186 valence electrons. The van der Waals surface area contributed by atoms with Crippen LogP contribution in [0.4, 0.5) is 5.88 Å². The summed E-state index contributed by atoms with van der Waals surface area (Å²) < 4.78 is 39.3. The Morgan fingerprint density at radius 3 is 2.54 bits per heavy atom. The van der Waals surface area contributed by atoms with Gasteiger partial charge in [-0.25, -0.2) is 8.42 Å². The fourth-order valence-electron chi connectivity index (χ4n) is 4.58. The van der Waals surface area contributed by atoms with Crippen LogP contribution in [0.15, 0.2) is 37.4 Å². The van der Waals surface area contributed by atoms with E-state index in [2.05, 4.69) is 4.98 Å². The van der Waals surface area contributed by atoms with Crippen molar-refractivity contribution >= 4 is 56.0 Å². The number of oxazole rings is 1. The molecule has 2 aromatic rings. The first-order valence-electron chi connectivity index (χ1n) is 11.7. The first-order valence-corrected chi connectivity index (χ1v) is 14.4. The fraction of sp³-hybridized carbons (Fsp3) is 0.458. The average Bonchev–Trinajstić information content (AvgIpc) is 3.57. The van der Waals surface area contributed by atoms with Crippen molar-refractivity contribution in [3.63, 3.8) is 0 Å². The standard InChI is InChI=1S/C24H27N3O5S3/c1-15-7-8-18(13-16(15)2)35(29,30)21-23(26-9-11-31-12-10-26)32-20(25-21)14-19-22(28)27(24(33)34-19)17-5-3-4-6-17/h7-8,13-14,17H,3-6,9-12H2,1-2H3. The van der Waals surface area contributed by atoms with Crippen molar-refractivity contribution in [1.82, 2.24) is 9.88 Å². The normalized spacial score (nSPS) is 21.0. The van der Waals surface area contributed by atoms with E-state index in [4.69, 9.17) is 21.4 Å². The minimum Gasteiger partial charge on any atom is -0.420 e. The Morgan fingerprint density at radius 2 is 1.86 bits per heavy atom. The summed E-state index contributed by atoms with van der Waals surface area (Å²) in [6.07, 6.45) is 5.57. The number of morpholine rings is 1. The number of amides is 1. The smallest absolute Gasteiger partial charge is 0.266 e. The van der Waals surface area contributed by atoms with Crippen LogP contribution < -0.4 is 4.90 Å². The number of rotatable bonds is 5. The van der Waals surface area contributed by atoms with E-state index < -0.39 is 9.84 Å². The third-order valence-corrected chi connectivity index (χ3v) is 9.69. The van der Waals surface area contributed by atoms with Crippen LogP contribution in [0.3, 0.4) is 0 Å². The van der Waals surface area contributed by atoms with Gasteiger partial charge in [0.2, 0.25) is 26.6 Å². The van der Waals surface area contributed by atoms with Crippen molar-refractivity contribution in [2.75, 3.05) is 31.2 Å². The summed E-state index contributed by atoms with van der Waals surface area (Å²) in [4.78, 5) is 21.6. The minimum absolute atomic E-state index is 0.0702. The maximum Gasteiger partial charge on any atom is 0.266 e. The summed E-state index contributed by atoms with van der Waals surface area (Å²) >= 11 is 6.69. The maximum atomic E-state index is 13.7. The molecule has 1 aromatic carbocycles. The molecule has 0 radical (unpaired) electrons. The summed E-state index contributed by atoms with van der Waals surface area (Å²) in [5.41, 5.74) is 1.88. The molecule has 0 spiro atoms. The lowest BCUT2D eigenvalue weighted by molar-refractivity contribution is -0.123. The molecule has 11 heteroatoms. The van der Waals surface area contributed by atoms with Gasteiger partial charge in [0.1, 0.15) is 4.32 Å². The van der Waals surface area contributed by atoms with Crippen molar-refractivity contribution in [3.8, 4) is 0 Å². The fourth-order valence-corrected chi connectivity index (χ4v) is 7.36. The van der Waals surface area contributed by atoms with Gasteiger partial charge in [-0.3, -0.25) is 9.69 Å². The van der Waals surface area contributed by atoms with Crippen molar-refractivity contribution in [3.05, 3.63) is 40.1 Å². The van der Waals surface area contributed by atoms with Crippen LogP contribution in [0.5, 0.6) is 0 Å². The molecule has 0 N–H and O–H groups in total. The van der Waals surface area contributed by atoms with Crippen molar-refractivity contribution in [2.24, 2.45) is 0 Å². The second-order valence-electron chi connectivity index (χ2n) is 9.00. The van der Waals surface area contributed by atoms with Crippen LogP contribution in [-0.4, -0.2) is 60.9 Å². The highest BCUT2D eigenvalue weighted by Crippen LogP contribution is 2.39. The average molecular weight is 534 g/mol. The molecule has 1 amide bonds. The van der Waals surface area contributed by atoms with Crippen molar-refractivity contribution in [1.29, 1.82) is 0 Å². The molecule has 35 heavy (non-hydrogen) atoms. The van der Waals surface area contributed by atoms with E-state index in [-0.39, 0.29) is 33.6 Å². The lowest BCUT2D eigenvalue weighted by Gasteiger charge is -2.26. The number of hydrogen-bond acceptors (Lipinski definition) is 9. The number of anilines is 1. The van der Waals surface area contributed by atoms with E-state index >= 15 is 0 Å². The number of aryl methyl sites for hydroxylation is 2. The van der Waals surface area contributed by atoms with Crippen LogP contribution in [0, 0.1) is 13.8 Å². The van der Waals surface area contributed by atoms with Gasteiger partial charge in [0, 0.05) is 25.2 Å². The van der Waals surface area contributed by atoms with E-state index in [0.29, 0.717) is 35.5 Å². The second kappa shape index (κ2) is 9.68. The predicted molar refractivity (Wildman–Crippen MR) is 138 cm³/mol. The molecule has 0 bridgehead atoms. The zero-order valence-corrected chi connectivity index (χ0v) is 22.1. The Kier molecular flexibility index (Phi) is 6.77. The molecule has 2 aliphatic heterocycles. The molecule has 1 aromatic heterocycles. The Balaban J connectivity index is 1.54. The van der Waals surface area contributed by atoms with Gasteiger partial charge < -0.3 is 14.1 Å². The van der Waals surface area contributed by atoms with E-state index in [1.807, 2.05) is 18.7 Å². The summed E-state index contributed by atoms with van der Waals surface area (Å²) in [6, 6.07) is 5.14.